The van der Waals surface area contributed by atoms with Crippen molar-refractivity contribution in [1.29, 1.82) is 0 Å². The topological polar surface area (TPSA) is 56.5 Å². The summed E-state index contributed by atoms with van der Waals surface area (Å²) in [4.78, 5) is 23.8. The molecule has 1 heterocycles. The molecule has 0 bridgehead atoms. The lowest BCUT2D eigenvalue weighted by Gasteiger charge is -2.10. The van der Waals surface area contributed by atoms with Gasteiger partial charge in [0.2, 0.25) is 5.43 Å². The Labute approximate surface area is 131 Å². The number of halogens is 1. The standard InChI is InChI=1S/C17H13ClO4/c1-9(2)21-11-4-6-14-13(8-11)16(19)12-5-3-10(17(18)20)7-15(12)22-14/h3-9H,1-2H3. The SMILES string of the molecule is CC(C)Oc1ccc2oc3cc(C(=O)Cl)ccc3c(=O)c2c1. The van der Waals surface area contributed by atoms with Gasteiger partial charge in [0.15, 0.2) is 0 Å². The molecule has 0 saturated heterocycles. The number of carbonyl (C=O) groups excluding carboxylic acids is 1. The van der Waals surface area contributed by atoms with E-state index in [1.54, 1.807) is 24.3 Å². The maximum Gasteiger partial charge on any atom is 0.252 e. The third-order valence-corrected chi connectivity index (χ3v) is 3.46. The molecule has 0 amide bonds. The summed E-state index contributed by atoms with van der Waals surface area (Å²) in [6.45, 7) is 3.83. The second-order valence-corrected chi connectivity index (χ2v) is 5.58. The molecule has 0 spiro atoms. The summed E-state index contributed by atoms with van der Waals surface area (Å²) in [5.74, 6) is 0.613. The summed E-state index contributed by atoms with van der Waals surface area (Å²) in [5.41, 5.74) is 0.893. The third kappa shape index (κ3) is 2.57. The summed E-state index contributed by atoms with van der Waals surface area (Å²) in [5, 5.41) is 0.247. The monoisotopic (exact) mass is 316 g/mol. The number of ether oxygens (including phenoxy) is 1. The number of fused-ring (bicyclic) bond motifs is 2. The zero-order chi connectivity index (χ0) is 15.9. The Morgan fingerprint density at radius 2 is 1.86 bits per heavy atom. The minimum atomic E-state index is -0.592. The lowest BCUT2D eigenvalue weighted by Crippen LogP contribution is -2.07. The summed E-state index contributed by atoms with van der Waals surface area (Å²) < 4.78 is 11.3. The third-order valence-electron chi connectivity index (χ3n) is 3.24. The first-order valence-electron chi connectivity index (χ1n) is 6.83. The van der Waals surface area contributed by atoms with Gasteiger partial charge in [-0.25, -0.2) is 0 Å². The molecule has 0 N–H and O–H groups in total. The molecule has 0 aliphatic carbocycles. The molecule has 0 aliphatic rings. The highest BCUT2D eigenvalue weighted by Gasteiger charge is 2.11. The van der Waals surface area contributed by atoms with Crippen LogP contribution >= 0.6 is 11.6 Å². The minimum absolute atomic E-state index is 0.0160. The van der Waals surface area contributed by atoms with Crippen LogP contribution in [0.4, 0.5) is 0 Å². The van der Waals surface area contributed by atoms with E-state index in [0.29, 0.717) is 27.7 Å². The summed E-state index contributed by atoms with van der Waals surface area (Å²) >= 11 is 5.46. The van der Waals surface area contributed by atoms with Crippen molar-refractivity contribution < 1.29 is 13.9 Å². The van der Waals surface area contributed by atoms with E-state index in [-0.39, 0.29) is 17.1 Å². The van der Waals surface area contributed by atoms with Crippen LogP contribution in [0.15, 0.2) is 45.6 Å². The van der Waals surface area contributed by atoms with Gasteiger partial charge in [0, 0.05) is 5.56 Å². The molecule has 3 rings (SSSR count). The maximum absolute atomic E-state index is 12.6. The first-order chi connectivity index (χ1) is 10.5. The van der Waals surface area contributed by atoms with E-state index in [0.717, 1.165) is 0 Å². The summed E-state index contributed by atoms with van der Waals surface area (Å²) in [7, 11) is 0. The molecule has 0 unspecified atom stereocenters. The van der Waals surface area contributed by atoms with Crippen molar-refractivity contribution in [2.75, 3.05) is 0 Å². The van der Waals surface area contributed by atoms with Crippen LogP contribution in [0.5, 0.6) is 5.75 Å². The van der Waals surface area contributed by atoms with Gasteiger partial charge in [-0.15, -0.1) is 0 Å². The van der Waals surface area contributed by atoms with E-state index in [4.69, 9.17) is 20.8 Å². The number of benzene rings is 2. The van der Waals surface area contributed by atoms with Crippen LogP contribution < -0.4 is 10.2 Å². The van der Waals surface area contributed by atoms with Crippen LogP contribution in [-0.4, -0.2) is 11.3 Å². The van der Waals surface area contributed by atoms with Gasteiger partial charge < -0.3 is 9.15 Å². The van der Waals surface area contributed by atoms with Crippen molar-refractivity contribution in [2.24, 2.45) is 0 Å². The Hall–Kier alpha value is -2.33. The first kappa shape index (κ1) is 14.6. The van der Waals surface area contributed by atoms with E-state index < -0.39 is 5.24 Å². The molecule has 0 saturated carbocycles. The fraction of sp³-hybridized carbons (Fsp3) is 0.176. The normalized spacial score (nSPS) is 11.3. The molecule has 0 fully saturated rings. The molecule has 0 atom stereocenters. The van der Waals surface area contributed by atoms with Gasteiger partial charge in [-0.2, -0.15) is 0 Å². The average Bonchev–Trinajstić information content (AvgIpc) is 2.47. The predicted molar refractivity (Wildman–Crippen MR) is 85.9 cm³/mol. The second-order valence-electron chi connectivity index (χ2n) is 5.24. The largest absolute Gasteiger partial charge is 0.491 e. The van der Waals surface area contributed by atoms with Gasteiger partial charge in [-0.05, 0) is 61.8 Å². The Balaban J connectivity index is 2.26. The maximum atomic E-state index is 12.6. The number of carbonyl (C=O) groups is 1. The molecule has 0 aliphatic heterocycles. The number of hydrogen-bond donors (Lipinski definition) is 0. The Bertz CT molecular complexity index is 940. The zero-order valence-electron chi connectivity index (χ0n) is 12.1. The van der Waals surface area contributed by atoms with Gasteiger partial charge in [-0.1, -0.05) is 0 Å². The quantitative estimate of drug-likeness (QED) is 0.539. The van der Waals surface area contributed by atoms with Gasteiger partial charge in [0.05, 0.1) is 16.9 Å². The molecule has 4 nitrogen and oxygen atoms in total. The molecule has 3 aromatic rings. The summed E-state index contributed by atoms with van der Waals surface area (Å²) in [6, 6.07) is 9.63. The highest BCUT2D eigenvalue weighted by Crippen LogP contribution is 2.24. The van der Waals surface area contributed by atoms with Crippen LogP contribution in [0.1, 0.15) is 24.2 Å². The van der Waals surface area contributed by atoms with Crippen molar-refractivity contribution in [3.05, 3.63) is 52.2 Å². The fourth-order valence-corrected chi connectivity index (χ4v) is 2.42. The van der Waals surface area contributed by atoms with Crippen molar-refractivity contribution in [3.8, 4) is 5.75 Å². The average molecular weight is 317 g/mol. The van der Waals surface area contributed by atoms with Gasteiger partial charge >= 0.3 is 0 Å². The number of hydrogen-bond acceptors (Lipinski definition) is 4. The lowest BCUT2D eigenvalue weighted by atomic mass is 10.1. The van der Waals surface area contributed by atoms with Gasteiger partial charge in [0.1, 0.15) is 16.9 Å². The van der Waals surface area contributed by atoms with E-state index in [1.807, 2.05) is 13.8 Å². The second kappa shape index (κ2) is 5.46. The fourth-order valence-electron chi connectivity index (χ4n) is 2.30. The van der Waals surface area contributed by atoms with Crippen LogP contribution in [0, 0.1) is 0 Å². The molecular weight excluding hydrogens is 304 g/mol. The first-order valence-corrected chi connectivity index (χ1v) is 7.20. The molecule has 112 valence electrons. The Kier molecular flexibility index (Phi) is 3.62. The zero-order valence-corrected chi connectivity index (χ0v) is 12.8. The molecule has 2 aromatic carbocycles. The van der Waals surface area contributed by atoms with Crippen LogP contribution in [0.25, 0.3) is 21.9 Å². The van der Waals surface area contributed by atoms with E-state index >= 15 is 0 Å². The number of rotatable bonds is 3. The molecule has 1 aromatic heterocycles. The van der Waals surface area contributed by atoms with Crippen LogP contribution in [-0.2, 0) is 0 Å². The van der Waals surface area contributed by atoms with Crippen molar-refractivity contribution in [1.82, 2.24) is 0 Å². The van der Waals surface area contributed by atoms with Gasteiger partial charge in [-0.3, -0.25) is 9.59 Å². The molecule has 0 radical (unpaired) electrons. The highest BCUT2D eigenvalue weighted by molar-refractivity contribution is 6.67. The van der Waals surface area contributed by atoms with Crippen LogP contribution in [0.2, 0.25) is 0 Å². The molecule has 22 heavy (non-hydrogen) atoms. The Morgan fingerprint density at radius 3 is 2.55 bits per heavy atom. The van der Waals surface area contributed by atoms with Gasteiger partial charge in [0.25, 0.3) is 5.24 Å². The predicted octanol–water partition coefficient (Wildman–Crippen LogP) is 4.11. The highest BCUT2D eigenvalue weighted by atomic mass is 35.5. The van der Waals surface area contributed by atoms with Crippen molar-refractivity contribution in [2.45, 2.75) is 20.0 Å². The smallest absolute Gasteiger partial charge is 0.252 e. The summed E-state index contributed by atoms with van der Waals surface area (Å²) in [6.07, 6.45) is 0.0160. The molecular formula is C17H13ClO4. The van der Waals surface area contributed by atoms with E-state index in [9.17, 15) is 9.59 Å². The lowest BCUT2D eigenvalue weighted by molar-refractivity contribution is 0.108. The Morgan fingerprint density at radius 1 is 1.09 bits per heavy atom. The van der Waals surface area contributed by atoms with E-state index in [1.165, 1.54) is 12.1 Å². The molecule has 5 heteroatoms. The van der Waals surface area contributed by atoms with Crippen LogP contribution in [0.3, 0.4) is 0 Å². The van der Waals surface area contributed by atoms with Crippen molar-refractivity contribution >= 4 is 38.8 Å². The minimum Gasteiger partial charge on any atom is -0.491 e. The van der Waals surface area contributed by atoms with E-state index in [2.05, 4.69) is 0 Å². The van der Waals surface area contributed by atoms with Crippen molar-refractivity contribution in [3.63, 3.8) is 0 Å².